The third-order valence-electron chi connectivity index (χ3n) is 10.7. The van der Waals surface area contributed by atoms with E-state index in [1.165, 1.54) is 22.2 Å². The van der Waals surface area contributed by atoms with E-state index in [4.69, 9.17) is 0 Å². The van der Waals surface area contributed by atoms with Gasteiger partial charge in [-0.05, 0) is 79.8 Å². The minimum absolute atomic E-state index is 0.0254. The van der Waals surface area contributed by atoms with Crippen LogP contribution in [0, 0.1) is 13.8 Å². The minimum atomic E-state index is -0.194. The molecular weight excluding hydrogens is 625 g/mol. The van der Waals surface area contributed by atoms with Crippen molar-refractivity contribution in [2.24, 2.45) is 0 Å². The number of allylic oxidation sites excluding steroid dienone is 3. The molecule has 1 aliphatic rings. The van der Waals surface area contributed by atoms with Crippen LogP contribution < -0.4 is 4.90 Å². The molecule has 6 rings (SSSR count). The Kier molecular flexibility index (Phi) is 9.76. The first-order valence-electron chi connectivity index (χ1n) is 18.7. The molecule has 0 saturated heterocycles. The summed E-state index contributed by atoms with van der Waals surface area (Å²) in [4.78, 5) is 2.47. The molecule has 0 spiro atoms. The van der Waals surface area contributed by atoms with Gasteiger partial charge in [-0.2, -0.15) is 0 Å². The first-order valence-corrected chi connectivity index (χ1v) is 18.7. The van der Waals surface area contributed by atoms with E-state index in [0.29, 0.717) is 11.5 Å². The summed E-state index contributed by atoms with van der Waals surface area (Å²) >= 11 is 0. The van der Waals surface area contributed by atoms with E-state index in [1.807, 2.05) is 0 Å². The average Bonchev–Trinajstić information content (AvgIpc) is 3.57. The number of para-hydroxylation sites is 2. The summed E-state index contributed by atoms with van der Waals surface area (Å²) in [6.07, 6.45) is 9.64. The van der Waals surface area contributed by atoms with Crippen molar-refractivity contribution in [3.05, 3.63) is 130 Å². The highest BCUT2D eigenvalue weighted by molar-refractivity contribution is 5.99. The minimum Gasteiger partial charge on any atom is -0.507 e. The van der Waals surface area contributed by atoms with E-state index in [-0.39, 0.29) is 22.8 Å². The highest BCUT2D eigenvalue weighted by atomic mass is 16.3. The number of phenols is 2. The zero-order valence-electron chi connectivity index (χ0n) is 32.3. The predicted octanol–water partition coefficient (Wildman–Crippen LogP) is 12.3. The summed E-state index contributed by atoms with van der Waals surface area (Å²) in [5.41, 5.74) is 11.7. The van der Waals surface area contributed by atoms with Crippen molar-refractivity contribution in [2.75, 3.05) is 11.4 Å². The average molecular weight is 681 g/mol. The molecule has 2 unspecified atom stereocenters. The number of anilines is 1. The van der Waals surface area contributed by atoms with Crippen molar-refractivity contribution in [1.29, 1.82) is 0 Å². The van der Waals surface area contributed by atoms with Crippen LogP contribution in [-0.2, 0) is 17.4 Å². The standard InChI is InChI=1S/C47H56N2O2/c1-11-48-40-24-18-16-20-32(40)34(42(48)36-26-30(3)28-38(44(36)50)46(5,6)7)22-14-13-15-23-35-33-21-17-19-25-41(33)49(12-2)43(35)37-27-31(4)29-39(45(37)51)47(8,9)10/h13-22,24-29,35,43,50-51H,11-12,23H2,1-10H3/b15-13-,22-14+. The van der Waals surface area contributed by atoms with Gasteiger partial charge in [0, 0.05) is 57.9 Å². The first-order chi connectivity index (χ1) is 24.2. The number of fused-ring (bicyclic) bond motifs is 2. The van der Waals surface area contributed by atoms with E-state index in [9.17, 15) is 10.2 Å². The van der Waals surface area contributed by atoms with E-state index < -0.39 is 0 Å². The smallest absolute Gasteiger partial charge is 0.128 e. The number of hydrogen-bond donors (Lipinski definition) is 2. The summed E-state index contributed by atoms with van der Waals surface area (Å²) < 4.78 is 2.33. The van der Waals surface area contributed by atoms with Crippen LogP contribution in [0.5, 0.6) is 11.5 Å². The SMILES string of the molecule is CCN1c2ccccc2C(C/C=C\C=C\c2c(-c3cc(C)cc(C(C)(C)C)c3O)n(CC)c3ccccc23)C1c1cc(C)cc(C(C)(C)C)c1O. The summed E-state index contributed by atoms with van der Waals surface area (Å²) in [6, 6.07) is 25.9. The van der Waals surface area contributed by atoms with Gasteiger partial charge in [0.05, 0.1) is 11.7 Å². The Morgan fingerprint density at radius 2 is 1.33 bits per heavy atom. The molecule has 5 aromatic rings. The normalized spacial score (nSPS) is 16.6. The number of aromatic nitrogens is 1. The molecule has 0 amide bonds. The van der Waals surface area contributed by atoms with Crippen LogP contribution in [-0.4, -0.2) is 21.3 Å². The van der Waals surface area contributed by atoms with Crippen molar-refractivity contribution in [2.45, 2.75) is 105 Å². The number of nitrogens with zero attached hydrogens (tertiary/aromatic N) is 2. The summed E-state index contributed by atoms with van der Waals surface area (Å²) in [5.74, 6) is 0.965. The maximum atomic E-state index is 11.8. The fourth-order valence-corrected chi connectivity index (χ4v) is 8.32. The van der Waals surface area contributed by atoms with Gasteiger partial charge in [-0.15, -0.1) is 0 Å². The van der Waals surface area contributed by atoms with Crippen LogP contribution in [0.2, 0.25) is 0 Å². The number of aryl methyl sites for hydroxylation is 3. The quantitative estimate of drug-likeness (QED) is 0.160. The molecule has 0 bridgehead atoms. The summed E-state index contributed by atoms with van der Waals surface area (Å²) in [7, 11) is 0. The number of likely N-dealkylation sites (N-methyl/N-ethyl adjacent to an activating group) is 1. The maximum Gasteiger partial charge on any atom is 0.128 e. The number of rotatable bonds is 8. The van der Waals surface area contributed by atoms with E-state index in [1.54, 1.807) is 0 Å². The fourth-order valence-electron chi connectivity index (χ4n) is 8.32. The lowest BCUT2D eigenvalue weighted by molar-refractivity contribution is 0.426. The summed E-state index contributed by atoms with van der Waals surface area (Å²) in [6.45, 7) is 23.3. The molecule has 1 aliphatic heterocycles. The Balaban J connectivity index is 1.41. The Bertz CT molecular complexity index is 2130. The molecule has 0 aliphatic carbocycles. The molecule has 4 heteroatoms. The number of aromatic hydroxyl groups is 2. The van der Waals surface area contributed by atoms with Gasteiger partial charge in [0.1, 0.15) is 11.5 Å². The Morgan fingerprint density at radius 3 is 2.00 bits per heavy atom. The van der Waals surface area contributed by atoms with Crippen LogP contribution in [0.15, 0.2) is 91.0 Å². The van der Waals surface area contributed by atoms with Crippen LogP contribution >= 0.6 is 0 Å². The summed E-state index contributed by atoms with van der Waals surface area (Å²) in [5, 5.41) is 24.7. The molecule has 0 fully saturated rings. The first kappa shape index (κ1) is 36.1. The Labute approximate surface area is 305 Å². The van der Waals surface area contributed by atoms with Gasteiger partial charge in [0.2, 0.25) is 0 Å². The fraction of sp³-hybridized carbons (Fsp3) is 0.362. The second-order valence-corrected chi connectivity index (χ2v) is 16.4. The molecular formula is C47H56N2O2. The second kappa shape index (κ2) is 13.8. The van der Waals surface area contributed by atoms with Crippen molar-refractivity contribution in [3.8, 4) is 22.8 Å². The number of hydrogen-bond acceptors (Lipinski definition) is 3. The second-order valence-electron chi connectivity index (χ2n) is 16.4. The van der Waals surface area contributed by atoms with Gasteiger partial charge in [-0.3, -0.25) is 0 Å². The van der Waals surface area contributed by atoms with Crippen molar-refractivity contribution in [3.63, 3.8) is 0 Å². The molecule has 51 heavy (non-hydrogen) atoms. The van der Waals surface area contributed by atoms with Gasteiger partial charge in [0.25, 0.3) is 0 Å². The van der Waals surface area contributed by atoms with Crippen molar-refractivity contribution >= 4 is 22.7 Å². The highest BCUT2D eigenvalue weighted by Crippen LogP contribution is 2.53. The maximum absolute atomic E-state index is 11.8. The monoisotopic (exact) mass is 680 g/mol. The molecule has 266 valence electrons. The van der Waals surface area contributed by atoms with E-state index >= 15 is 0 Å². The molecule has 2 N–H and O–H groups in total. The molecule has 4 nitrogen and oxygen atoms in total. The molecule has 0 saturated carbocycles. The van der Waals surface area contributed by atoms with Gasteiger partial charge in [0.15, 0.2) is 0 Å². The Hall–Kier alpha value is -4.70. The predicted molar refractivity (Wildman–Crippen MR) is 217 cm³/mol. The third kappa shape index (κ3) is 6.62. The molecule has 2 heterocycles. The van der Waals surface area contributed by atoms with Gasteiger partial charge in [-0.25, -0.2) is 0 Å². The zero-order chi connectivity index (χ0) is 36.8. The highest BCUT2D eigenvalue weighted by Gasteiger charge is 2.40. The van der Waals surface area contributed by atoms with E-state index in [0.717, 1.165) is 64.1 Å². The van der Waals surface area contributed by atoms with Crippen LogP contribution in [0.1, 0.15) is 113 Å². The lowest BCUT2D eigenvalue weighted by Gasteiger charge is -2.32. The van der Waals surface area contributed by atoms with Crippen LogP contribution in [0.4, 0.5) is 5.69 Å². The van der Waals surface area contributed by atoms with Crippen molar-refractivity contribution in [1.82, 2.24) is 4.57 Å². The van der Waals surface area contributed by atoms with Crippen LogP contribution in [0.3, 0.4) is 0 Å². The number of phenolic OH excluding ortho intramolecular Hbond substituents is 2. The van der Waals surface area contributed by atoms with Crippen molar-refractivity contribution < 1.29 is 10.2 Å². The molecule has 2 atom stereocenters. The Morgan fingerprint density at radius 1 is 0.706 bits per heavy atom. The van der Waals surface area contributed by atoms with Crippen LogP contribution in [0.25, 0.3) is 28.2 Å². The largest absolute Gasteiger partial charge is 0.507 e. The lowest BCUT2D eigenvalue weighted by atomic mass is 9.80. The molecule has 4 aromatic carbocycles. The number of benzene rings is 4. The van der Waals surface area contributed by atoms with E-state index in [2.05, 4.69) is 176 Å². The van der Waals surface area contributed by atoms with Gasteiger partial charge < -0.3 is 19.7 Å². The topological polar surface area (TPSA) is 48.6 Å². The lowest BCUT2D eigenvalue weighted by Crippen LogP contribution is -2.27. The molecule has 1 aromatic heterocycles. The van der Waals surface area contributed by atoms with Gasteiger partial charge >= 0.3 is 0 Å². The molecule has 0 radical (unpaired) electrons. The third-order valence-corrected chi connectivity index (χ3v) is 10.7. The van der Waals surface area contributed by atoms with Gasteiger partial charge in [-0.1, -0.05) is 126 Å². The zero-order valence-corrected chi connectivity index (χ0v) is 32.3.